The van der Waals surface area contributed by atoms with Gasteiger partial charge in [0.2, 0.25) is 10.0 Å². The van der Waals surface area contributed by atoms with Crippen molar-refractivity contribution in [3.05, 3.63) is 58.6 Å². The SMILES string of the molecule is Cc1cc(OC(F)(F)F)ccc1NS(=O)(=O)C1(c2ccc(Cl)cc2)CCN(C(=O)OC(C)(C)C)C1. The number of nitrogens with one attached hydrogen (secondary N) is 1. The maximum atomic E-state index is 13.8. The highest BCUT2D eigenvalue weighted by atomic mass is 35.5. The number of carbonyl (C=O) groups excluding carboxylic acids is 1. The van der Waals surface area contributed by atoms with Crippen LogP contribution in [0.25, 0.3) is 0 Å². The lowest BCUT2D eigenvalue weighted by Crippen LogP contribution is -2.44. The molecule has 1 aliphatic rings. The summed E-state index contributed by atoms with van der Waals surface area (Å²) in [4.78, 5) is 14.0. The maximum Gasteiger partial charge on any atom is 0.573 e. The number of sulfonamides is 1. The second-order valence-electron chi connectivity index (χ2n) is 9.28. The van der Waals surface area contributed by atoms with Gasteiger partial charge in [-0.2, -0.15) is 0 Å². The number of benzene rings is 2. The Bertz CT molecular complexity index is 1200. The molecule has 0 aliphatic carbocycles. The van der Waals surface area contributed by atoms with E-state index in [4.69, 9.17) is 16.3 Å². The number of carbonyl (C=O) groups is 1. The summed E-state index contributed by atoms with van der Waals surface area (Å²) in [6, 6.07) is 9.57. The van der Waals surface area contributed by atoms with Crippen molar-refractivity contribution in [3.63, 3.8) is 0 Å². The molecule has 1 aliphatic heterocycles. The molecule has 1 atom stereocenters. The van der Waals surface area contributed by atoms with Crippen molar-refractivity contribution in [3.8, 4) is 5.75 Å². The Hall–Kier alpha value is -2.66. The highest BCUT2D eigenvalue weighted by molar-refractivity contribution is 7.93. The number of halogens is 4. The van der Waals surface area contributed by atoms with Gasteiger partial charge in [0.05, 0.1) is 5.69 Å². The quantitative estimate of drug-likeness (QED) is 0.522. The van der Waals surface area contributed by atoms with E-state index in [1.807, 2.05) is 0 Å². The number of hydrogen-bond donors (Lipinski definition) is 1. The minimum atomic E-state index is -4.87. The fourth-order valence-electron chi connectivity index (χ4n) is 3.82. The fraction of sp³-hybridized carbons (Fsp3) is 0.435. The highest BCUT2D eigenvalue weighted by Crippen LogP contribution is 2.42. The van der Waals surface area contributed by atoms with Crippen molar-refractivity contribution in [2.45, 2.75) is 50.8 Å². The highest BCUT2D eigenvalue weighted by Gasteiger charge is 2.52. The molecule has 12 heteroatoms. The second kappa shape index (κ2) is 9.42. The number of ether oxygens (including phenoxy) is 2. The van der Waals surface area contributed by atoms with Crippen LogP contribution in [-0.4, -0.2) is 44.5 Å². The first-order valence-electron chi connectivity index (χ1n) is 10.6. The van der Waals surface area contributed by atoms with Gasteiger partial charge in [-0.1, -0.05) is 23.7 Å². The fourth-order valence-corrected chi connectivity index (χ4v) is 5.79. The first-order valence-corrected chi connectivity index (χ1v) is 12.5. The van der Waals surface area contributed by atoms with Crippen molar-refractivity contribution in [1.82, 2.24) is 4.90 Å². The lowest BCUT2D eigenvalue weighted by molar-refractivity contribution is -0.274. The minimum Gasteiger partial charge on any atom is -0.444 e. The van der Waals surface area contributed by atoms with E-state index in [0.29, 0.717) is 10.6 Å². The largest absolute Gasteiger partial charge is 0.573 e. The van der Waals surface area contributed by atoms with Crippen LogP contribution in [0.2, 0.25) is 5.02 Å². The van der Waals surface area contributed by atoms with Crippen LogP contribution < -0.4 is 9.46 Å². The summed E-state index contributed by atoms with van der Waals surface area (Å²) in [6.07, 6.45) is -5.45. The number of hydrogen-bond acceptors (Lipinski definition) is 5. The first-order chi connectivity index (χ1) is 16.0. The van der Waals surface area contributed by atoms with Crippen molar-refractivity contribution >= 4 is 33.4 Å². The van der Waals surface area contributed by atoms with E-state index in [1.165, 1.54) is 17.9 Å². The predicted octanol–water partition coefficient (Wildman–Crippen LogP) is 5.83. The second-order valence-corrected chi connectivity index (χ2v) is 11.7. The van der Waals surface area contributed by atoms with Crippen LogP contribution in [-0.2, 0) is 19.5 Å². The van der Waals surface area contributed by atoms with Gasteiger partial charge in [-0.05, 0) is 75.6 Å². The molecule has 1 saturated heterocycles. The Morgan fingerprint density at radius 2 is 1.74 bits per heavy atom. The van der Waals surface area contributed by atoms with Gasteiger partial charge < -0.3 is 14.4 Å². The molecule has 0 bridgehead atoms. The van der Waals surface area contributed by atoms with E-state index >= 15 is 0 Å². The van der Waals surface area contributed by atoms with E-state index in [9.17, 15) is 26.4 Å². The number of aryl methyl sites for hydroxylation is 1. The molecule has 1 amide bonds. The van der Waals surface area contributed by atoms with Gasteiger partial charge in [-0.15, -0.1) is 13.2 Å². The third-order valence-electron chi connectivity index (χ3n) is 5.44. The molecule has 2 aromatic rings. The van der Waals surface area contributed by atoms with E-state index in [1.54, 1.807) is 45.0 Å². The van der Waals surface area contributed by atoms with Crippen LogP contribution in [0.4, 0.5) is 23.7 Å². The van der Waals surface area contributed by atoms with Gasteiger partial charge in [-0.3, -0.25) is 4.72 Å². The van der Waals surface area contributed by atoms with Crippen LogP contribution >= 0.6 is 11.6 Å². The third kappa shape index (κ3) is 6.32. The van der Waals surface area contributed by atoms with E-state index in [2.05, 4.69) is 9.46 Å². The predicted molar refractivity (Wildman–Crippen MR) is 126 cm³/mol. The molecular formula is C23H26ClF3N2O5S. The standard InChI is InChI=1S/C23H26ClF3N2O5S/c1-15-13-18(33-23(25,26)27)9-10-19(15)28-35(31,32)22(16-5-7-17(24)8-6-16)11-12-29(14-22)20(30)34-21(2,3)4/h5-10,13,28H,11-12,14H2,1-4H3. The Labute approximate surface area is 207 Å². The number of likely N-dealkylation sites (tertiary alicyclic amines) is 1. The minimum absolute atomic E-state index is 0.0670. The Kier molecular flexibility index (Phi) is 7.25. The average molecular weight is 535 g/mol. The summed E-state index contributed by atoms with van der Waals surface area (Å²) < 4.78 is 75.5. The molecule has 0 radical (unpaired) electrons. The molecular weight excluding hydrogens is 509 g/mol. The summed E-state index contributed by atoms with van der Waals surface area (Å²) in [7, 11) is -4.23. The van der Waals surface area contributed by atoms with Gasteiger partial charge >= 0.3 is 12.5 Å². The van der Waals surface area contributed by atoms with Gasteiger partial charge in [0.15, 0.2) is 0 Å². The summed E-state index contributed by atoms with van der Waals surface area (Å²) >= 11 is 6.00. The normalized spacial score (nSPS) is 18.9. The maximum absolute atomic E-state index is 13.8. The van der Waals surface area contributed by atoms with Crippen molar-refractivity contribution in [2.24, 2.45) is 0 Å². The zero-order chi connectivity index (χ0) is 26.2. The Morgan fingerprint density at radius 1 is 1.11 bits per heavy atom. The molecule has 7 nitrogen and oxygen atoms in total. The lowest BCUT2D eigenvalue weighted by atomic mass is 9.97. The molecule has 0 spiro atoms. The number of nitrogens with zero attached hydrogens (tertiary/aromatic N) is 1. The Balaban J connectivity index is 1.97. The van der Waals surface area contributed by atoms with Gasteiger partial charge in [0, 0.05) is 18.1 Å². The van der Waals surface area contributed by atoms with E-state index in [-0.39, 0.29) is 30.8 Å². The molecule has 1 heterocycles. The molecule has 192 valence electrons. The Morgan fingerprint density at radius 3 is 2.29 bits per heavy atom. The van der Waals surface area contributed by atoms with E-state index < -0.39 is 38.6 Å². The third-order valence-corrected chi connectivity index (χ3v) is 7.78. The smallest absolute Gasteiger partial charge is 0.444 e. The first kappa shape index (κ1) is 26.9. The summed E-state index contributed by atoms with van der Waals surface area (Å²) in [5, 5.41) is 0.410. The van der Waals surface area contributed by atoms with E-state index in [0.717, 1.165) is 12.1 Å². The topological polar surface area (TPSA) is 84.9 Å². The molecule has 35 heavy (non-hydrogen) atoms. The summed E-state index contributed by atoms with van der Waals surface area (Å²) in [6.45, 7) is 6.52. The number of alkyl halides is 3. The van der Waals surface area contributed by atoms with Crippen molar-refractivity contribution in [1.29, 1.82) is 0 Å². The van der Waals surface area contributed by atoms with Crippen LogP contribution in [0, 0.1) is 6.92 Å². The molecule has 1 N–H and O–H groups in total. The van der Waals surface area contributed by atoms with Crippen molar-refractivity contribution < 1.29 is 35.9 Å². The van der Waals surface area contributed by atoms with Crippen LogP contribution in [0.1, 0.15) is 38.3 Å². The number of anilines is 1. The zero-order valence-electron chi connectivity index (χ0n) is 19.6. The zero-order valence-corrected chi connectivity index (χ0v) is 21.1. The summed E-state index contributed by atoms with van der Waals surface area (Å²) in [5.41, 5.74) is -0.0424. The van der Waals surface area contributed by atoms with Gasteiger partial charge in [-0.25, -0.2) is 13.2 Å². The van der Waals surface area contributed by atoms with Crippen molar-refractivity contribution in [2.75, 3.05) is 17.8 Å². The molecule has 2 aromatic carbocycles. The van der Waals surface area contributed by atoms with Crippen LogP contribution in [0.15, 0.2) is 42.5 Å². The lowest BCUT2D eigenvalue weighted by Gasteiger charge is -2.31. The number of amides is 1. The molecule has 3 rings (SSSR count). The van der Waals surface area contributed by atoms with Gasteiger partial charge in [0.1, 0.15) is 16.1 Å². The van der Waals surface area contributed by atoms with Crippen LogP contribution in [0.3, 0.4) is 0 Å². The number of rotatable bonds is 5. The summed E-state index contributed by atoms with van der Waals surface area (Å²) in [5.74, 6) is -0.470. The van der Waals surface area contributed by atoms with Crippen LogP contribution in [0.5, 0.6) is 5.75 Å². The molecule has 0 aromatic heterocycles. The molecule has 1 unspecified atom stereocenters. The average Bonchev–Trinajstić information content (AvgIpc) is 3.16. The molecule has 0 saturated carbocycles. The van der Waals surface area contributed by atoms with Gasteiger partial charge in [0.25, 0.3) is 0 Å². The monoisotopic (exact) mass is 534 g/mol. The molecule has 1 fully saturated rings.